The van der Waals surface area contributed by atoms with Crippen LogP contribution in [0.1, 0.15) is 20.7 Å². The largest absolute Gasteiger partial charge is 0.298 e. The molecule has 0 atom stereocenters. The molecule has 4 rings (SSSR count). The maximum atomic E-state index is 11.5. The summed E-state index contributed by atoms with van der Waals surface area (Å²) in [5, 5.41) is 0. The molecule has 0 unspecified atom stereocenters. The molecule has 2 heteroatoms. The van der Waals surface area contributed by atoms with E-state index in [1.54, 1.807) is 0 Å². The van der Waals surface area contributed by atoms with Crippen molar-refractivity contribution >= 4 is 12.6 Å². The van der Waals surface area contributed by atoms with Gasteiger partial charge in [-0.2, -0.15) is 0 Å². The van der Waals surface area contributed by atoms with Crippen LogP contribution >= 0.6 is 0 Å². The number of hydrogen-bond donors (Lipinski definition) is 0. The van der Waals surface area contributed by atoms with Gasteiger partial charge in [0.25, 0.3) is 0 Å². The Kier molecular flexibility index (Phi) is 3.43. The van der Waals surface area contributed by atoms with Crippen molar-refractivity contribution in [3.05, 3.63) is 83.9 Å². The summed E-state index contributed by atoms with van der Waals surface area (Å²) in [6.45, 7) is 0. The summed E-state index contributed by atoms with van der Waals surface area (Å²) >= 11 is 0. The average molecular weight is 310 g/mol. The molecule has 0 aliphatic heterocycles. The lowest BCUT2D eigenvalue weighted by Gasteiger charge is -2.03. The van der Waals surface area contributed by atoms with Crippen molar-refractivity contribution < 1.29 is 9.59 Å². The SMILES string of the molecule is O=Cc1cc(-c2cc(C=O)c3cccccc2-3)c2cccccc1-2. The average Bonchev–Trinajstić information content (AvgIpc) is 2.89. The molecule has 0 spiro atoms. The highest BCUT2D eigenvalue weighted by Crippen LogP contribution is 2.44. The third-order valence-electron chi connectivity index (χ3n) is 4.42. The highest BCUT2D eigenvalue weighted by Gasteiger charge is 2.21. The molecule has 0 heterocycles. The number of aldehydes is 2. The molecular weight excluding hydrogens is 296 g/mol. The number of fused-ring (bicyclic) bond motifs is 2. The van der Waals surface area contributed by atoms with E-state index < -0.39 is 0 Å². The van der Waals surface area contributed by atoms with E-state index in [0.717, 1.165) is 46.0 Å². The Balaban J connectivity index is 2.06. The van der Waals surface area contributed by atoms with Crippen molar-refractivity contribution in [2.75, 3.05) is 0 Å². The first-order valence-corrected chi connectivity index (χ1v) is 7.77. The second-order valence-electron chi connectivity index (χ2n) is 5.74. The zero-order valence-electron chi connectivity index (χ0n) is 12.9. The van der Waals surface area contributed by atoms with Crippen LogP contribution in [0.3, 0.4) is 0 Å². The molecule has 0 N–H and O–H groups in total. The minimum Gasteiger partial charge on any atom is -0.298 e. The molecule has 0 amide bonds. The van der Waals surface area contributed by atoms with Crippen LogP contribution in [0.2, 0.25) is 0 Å². The molecule has 0 aromatic carbocycles. The predicted octanol–water partition coefficient (Wildman–Crippen LogP) is 5.19. The highest BCUT2D eigenvalue weighted by molar-refractivity contribution is 6.05. The number of hydrogen-bond acceptors (Lipinski definition) is 2. The summed E-state index contributed by atoms with van der Waals surface area (Å²) in [5.74, 6) is 0. The molecule has 4 aliphatic carbocycles. The topological polar surface area (TPSA) is 34.1 Å². The Bertz CT molecular complexity index is 918. The predicted molar refractivity (Wildman–Crippen MR) is 95.9 cm³/mol. The van der Waals surface area contributed by atoms with Gasteiger partial charge in [0.2, 0.25) is 0 Å². The van der Waals surface area contributed by atoms with Gasteiger partial charge >= 0.3 is 0 Å². The molecule has 24 heavy (non-hydrogen) atoms. The quantitative estimate of drug-likeness (QED) is 0.488. The molecule has 4 aliphatic rings. The van der Waals surface area contributed by atoms with Gasteiger partial charge in [-0.3, -0.25) is 9.59 Å². The summed E-state index contributed by atoms with van der Waals surface area (Å²) in [5.41, 5.74) is 7.16. The fourth-order valence-electron chi connectivity index (χ4n) is 3.33. The first-order chi connectivity index (χ1) is 11.8. The summed E-state index contributed by atoms with van der Waals surface area (Å²) in [6.07, 6.45) is 1.77. The highest BCUT2D eigenvalue weighted by atomic mass is 16.1. The van der Waals surface area contributed by atoms with Crippen LogP contribution in [0.25, 0.3) is 33.4 Å². The van der Waals surface area contributed by atoms with Crippen molar-refractivity contribution in [1.29, 1.82) is 0 Å². The summed E-state index contributed by atoms with van der Waals surface area (Å²) in [4.78, 5) is 23.0. The summed E-state index contributed by atoms with van der Waals surface area (Å²) in [7, 11) is 0. The molecule has 0 fully saturated rings. The first-order valence-electron chi connectivity index (χ1n) is 7.77. The number of rotatable bonds is 3. The molecule has 0 saturated heterocycles. The normalized spacial score (nSPS) is 10.8. The Morgan fingerprint density at radius 3 is 1.21 bits per heavy atom. The van der Waals surface area contributed by atoms with Crippen molar-refractivity contribution in [2.45, 2.75) is 0 Å². The summed E-state index contributed by atoms with van der Waals surface area (Å²) < 4.78 is 0. The van der Waals surface area contributed by atoms with E-state index in [1.807, 2.05) is 72.8 Å². The van der Waals surface area contributed by atoms with E-state index in [-0.39, 0.29) is 0 Å². The number of carbonyl (C=O) groups is 2. The Morgan fingerprint density at radius 1 is 0.458 bits per heavy atom. The Labute approximate surface area is 140 Å². The minimum absolute atomic E-state index is 0.665. The van der Waals surface area contributed by atoms with Crippen molar-refractivity contribution in [1.82, 2.24) is 0 Å². The van der Waals surface area contributed by atoms with Gasteiger partial charge in [0.1, 0.15) is 0 Å². The minimum atomic E-state index is 0.665. The third-order valence-corrected chi connectivity index (χ3v) is 4.42. The van der Waals surface area contributed by atoms with E-state index in [1.165, 1.54) is 0 Å². The van der Waals surface area contributed by atoms with Crippen molar-refractivity contribution in [3.8, 4) is 33.4 Å². The number of carbonyl (C=O) groups excluding carboxylic acids is 2. The van der Waals surface area contributed by atoms with Gasteiger partial charge in [0.15, 0.2) is 12.6 Å². The monoisotopic (exact) mass is 310 g/mol. The maximum absolute atomic E-state index is 11.5. The van der Waals surface area contributed by atoms with Gasteiger partial charge in [-0.1, -0.05) is 60.7 Å². The molecule has 0 radical (unpaired) electrons. The fraction of sp³-hybridized carbons (Fsp3) is 0. The zero-order chi connectivity index (χ0) is 16.5. The standard InChI is InChI=1S/C22H14O2/c23-13-15-11-21(19-9-5-1-3-7-17(15)19)22-12-16(14-24)18-8-4-2-6-10-20(18)22/h1-14H. The van der Waals surface area contributed by atoms with Crippen molar-refractivity contribution in [3.63, 3.8) is 0 Å². The van der Waals surface area contributed by atoms with E-state index in [0.29, 0.717) is 11.1 Å². The van der Waals surface area contributed by atoms with E-state index in [9.17, 15) is 9.59 Å². The zero-order valence-corrected chi connectivity index (χ0v) is 12.9. The van der Waals surface area contributed by atoms with Gasteiger partial charge in [-0.25, -0.2) is 0 Å². The van der Waals surface area contributed by atoms with Crippen LogP contribution in [-0.2, 0) is 0 Å². The van der Waals surface area contributed by atoms with Crippen LogP contribution in [0.4, 0.5) is 0 Å². The molecule has 2 nitrogen and oxygen atoms in total. The maximum Gasteiger partial charge on any atom is 0.150 e. The van der Waals surface area contributed by atoms with E-state index >= 15 is 0 Å². The van der Waals surface area contributed by atoms with Gasteiger partial charge in [0, 0.05) is 11.1 Å². The van der Waals surface area contributed by atoms with Crippen LogP contribution in [0, 0.1) is 0 Å². The Hall–Kier alpha value is -3.26. The Morgan fingerprint density at radius 2 is 0.833 bits per heavy atom. The molecule has 114 valence electrons. The molecule has 0 aromatic rings. The van der Waals surface area contributed by atoms with Crippen LogP contribution in [-0.4, -0.2) is 12.6 Å². The van der Waals surface area contributed by atoms with E-state index in [2.05, 4.69) is 0 Å². The second-order valence-corrected chi connectivity index (χ2v) is 5.74. The first kappa shape index (κ1) is 14.3. The van der Waals surface area contributed by atoms with E-state index in [4.69, 9.17) is 0 Å². The van der Waals surface area contributed by atoms with Gasteiger partial charge in [-0.15, -0.1) is 0 Å². The molecule has 0 bridgehead atoms. The lowest BCUT2D eigenvalue weighted by molar-refractivity contribution is 0.111. The lowest BCUT2D eigenvalue weighted by Crippen LogP contribution is -1.77. The molecule has 0 aromatic heterocycles. The lowest BCUT2D eigenvalue weighted by atomic mass is 10.00. The van der Waals surface area contributed by atoms with Crippen molar-refractivity contribution in [2.24, 2.45) is 0 Å². The summed E-state index contributed by atoms with van der Waals surface area (Å²) in [6, 6.07) is 23.4. The molecule has 0 saturated carbocycles. The van der Waals surface area contributed by atoms with Gasteiger partial charge in [0.05, 0.1) is 0 Å². The fourth-order valence-corrected chi connectivity index (χ4v) is 3.33. The van der Waals surface area contributed by atoms with Crippen LogP contribution in [0.5, 0.6) is 0 Å². The second kappa shape index (κ2) is 5.74. The van der Waals surface area contributed by atoms with Crippen LogP contribution in [0.15, 0.2) is 72.8 Å². The molecular formula is C22H14O2. The van der Waals surface area contributed by atoms with Crippen LogP contribution < -0.4 is 0 Å². The van der Waals surface area contributed by atoms with Gasteiger partial charge < -0.3 is 0 Å². The smallest absolute Gasteiger partial charge is 0.150 e. The van der Waals surface area contributed by atoms with Gasteiger partial charge in [-0.05, 0) is 45.5 Å². The third kappa shape index (κ3) is 2.12.